The molecule has 0 aliphatic carbocycles. The number of anilines is 2. The molecule has 0 saturated carbocycles. The molecule has 2 aromatic heterocycles. The Morgan fingerprint density at radius 1 is 0.732 bits per heavy atom. The van der Waals surface area contributed by atoms with Crippen LogP contribution >= 0.6 is 0 Å². The van der Waals surface area contributed by atoms with Gasteiger partial charge in [-0.3, -0.25) is 9.59 Å². The standard InChI is InChI=1S/C26H38N4O11/c1-15(23(35)40-29-17(27)7-9-19(29)31)21(33)37-13-11-25(3,4)38-14-12-26(5,6)39-22(34)16(2)24(36)41-30-18(28)8-10-20(30)32/h7-10,15-16,31-32H,11-14,27-28H2,1-6H3. The maximum absolute atomic E-state index is 12.5. The van der Waals surface area contributed by atoms with Gasteiger partial charge in [-0.05, 0) is 53.7 Å². The van der Waals surface area contributed by atoms with E-state index in [1.54, 1.807) is 27.7 Å². The van der Waals surface area contributed by atoms with Gasteiger partial charge in [-0.15, -0.1) is 9.46 Å². The summed E-state index contributed by atoms with van der Waals surface area (Å²) in [5.41, 5.74) is 9.43. The van der Waals surface area contributed by atoms with Crippen LogP contribution in [0.4, 0.5) is 11.6 Å². The van der Waals surface area contributed by atoms with Crippen LogP contribution < -0.4 is 21.1 Å². The van der Waals surface area contributed by atoms with Gasteiger partial charge in [0.05, 0.1) is 18.8 Å². The van der Waals surface area contributed by atoms with E-state index in [-0.39, 0.29) is 37.7 Å². The normalized spacial score (nSPS) is 13.2. The summed E-state index contributed by atoms with van der Waals surface area (Å²) in [5.74, 6) is -7.01. The third-order valence-electron chi connectivity index (χ3n) is 5.99. The van der Waals surface area contributed by atoms with E-state index in [9.17, 15) is 29.4 Å². The van der Waals surface area contributed by atoms with Crippen molar-refractivity contribution in [3.8, 4) is 11.8 Å². The average Bonchev–Trinajstić information content (AvgIpc) is 3.36. The van der Waals surface area contributed by atoms with Crippen LogP contribution in [0, 0.1) is 11.8 Å². The van der Waals surface area contributed by atoms with Crippen LogP contribution in [0.1, 0.15) is 54.4 Å². The summed E-state index contributed by atoms with van der Waals surface area (Å²) in [6.45, 7) is 9.56. The van der Waals surface area contributed by atoms with Crippen molar-refractivity contribution in [1.82, 2.24) is 9.46 Å². The molecule has 0 fully saturated rings. The van der Waals surface area contributed by atoms with Crippen molar-refractivity contribution in [2.24, 2.45) is 11.8 Å². The Morgan fingerprint density at radius 3 is 1.61 bits per heavy atom. The number of ether oxygens (including phenoxy) is 3. The quantitative estimate of drug-likeness (QED) is 0.182. The fourth-order valence-electron chi connectivity index (χ4n) is 3.16. The van der Waals surface area contributed by atoms with E-state index in [0.29, 0.717) is 9.46 Å². The van der Waals surface area contributed by atoms with Gasteiger partial charge in [0.2, 0.25) is 11.8 Å². The summed E-state index contributed by atoms with van der Waals surface area (Å²) >= 11 is 0. The van der Waals surface area contributed by atoms with Crippen molar-refractivity contribution < 1.29 is 53.3 Å². The molecule has 0 radical (unpaired) electrons. The van der Waals surface area contributed by atoms with E-state index in [1.807, 2.05) is 0 Å². The first-order valence-corrected chi connectivity index (χ1v) is 12.7. The molecule has 0 saturated heterocycles. The van der Waals surface area contributed by atoms with Gasteiger partial charge in [0.1, 0.15) is 17.2 Å². The van der Waals surface area contributed by atoms with Gasteiger partial charge in [0, 0.05) is 25.0 Å². The van der Waals surface area contributed by atoms with Gasteiger partial charge >= 0.3 is 23.9 Å². The highest BCUT2D eigenvalue weighted by Gasteiger charge is 2.33. The number of aromatic nitrogens is 2. The third kappa shape index (κ3) is 9.34. The Balaban J connectivity index is 1.75. The van der Waals surface area contributed by atoms with Gasteiger partial charge < -0.3 is 45.6 Å². The summed E-state index contributed by atoms with van der Waals surface area (Å²) in [4.78, 5) is 59.2. The monoisotopic (exact) mass is 582 g/mol. The van der Waals surface area contributed by atoms with Crippen molar-refractivity contribution in [3.05, 3.63) is 24.3 Å². The van der Waals surface area contributed by atoms with Gasteiger partial charge in [-0.25, -0.2) is 9.59 Å². The number of nitrogens with two attached hydrogens (primary N) is 2. The highest BCUT2D eigenvalue weighted by molar-refractivity contribution is 5.95. The molecule has 15 nitrogen and oxygen atoms in total. The number of nitrogens with zero attached hydrogens (tertiary/aromatic N) is 2. The molecule has 6 N–H and O–H groups in total. The molecule has 41 heavy (non-hydrogen) atoms. The lowest BCUT2D eigenvalue weighted by molar-refractivity contribution is -0.171. The first-order chi connectivity index (χ1) is 18.9. The topological polar surface area (TPSA) is 217 Å². The van der Waals surface area contributed by atoms with Crippen molar-refractivity contribution >= 4 is 35.5 Å². The molecule has 0 spiro atoms. The van der Waals surface area contributed by atoms with Crippen LogP contribution in [0.25, 0.3) is 0 Å². The number of aromatic hydroxyl groups is 2. The minimum atomic E-state index is -1.30. The Bertz CT molecular complexity index is 1210. The molecule has 2 atom stereocenters. The number of nitrogen functional groups attached to an aromatic ring is 2. The van der Waals surface area contributed by atoms with Crippen LogP contribution in [-0.4, -0.2) is 68.0 Å². The minimum absolute atomic E-state index is 0.0233. The fraction of sp³-hybridized carbons (Fsp3) is 0.538. The Hall–Kier alpha value is -4.40. The van der Waals surface area contributed by atoms with Crippen molar-refractivity contribution in [2.45, 2.75) is 65.6 Å². The number of rotatable bonds is 14. The number of carbonyl (C=O) groups is 4. The molecule has 228 valence electrons. The molecule has 2 aromatic rings. The van der Waals surface area contributed by atoms with E-state index in [0.717, 1.165) is 0 Å². The van der Waals surface area contributed by atoms with Gasteiger partial charge in [0.25, 0.3) is 0 Å². The maximum atomic E-state index is 12.5. The average molecular weight is 583 g/mol. The van der Waals surface area contributed by atoms with E-state index in [2.05, 4.69) is 0 Å². The Morgan fingerprint density at radius 2 is 1.17 bits per heavy atom. The number of esters is 2. The summed E-state index contributed by atoms with van der Waals surface area (Å²) in [6, 6.07) is 5.11. The predicted molar refractivity (Wildman–Crippen MR) is 143 cm³/mol. The summed E-state index contributed by atoms with van der Waals surface area (Å²) in [5, 5.41) is 19.3. The second-order valence-electron chi connectivity index (χ2n) is 10.5. The Kier molecular flexibility index (Phi) is 10.6. The zero-order valence-electron chi connectivity index (χ0n) is 23.9. The third-order valence-corrected chi connectivity index (χ3v) is 5.99. The van der Waals surface area contributed by atoms with Gasteiger partial charge in [0.15, 0.2) is 11.8 Å². The second kappa shape index (κ2) is 13.3. The molecular weight excluding hydrogens is 544 g/mol. The summed E-state index contributed by atoms with van der Waals surface area (Å²) < 4.78 is 17.9. The molecule has 2 unspecified atom stereocenters. The number of hydrogen-bond donors (Lipinski definition) is 4. The molecule has 0 amide bonds. The van der Waals surface area contributed by atoms with E-state index >= 15 is 0 Å². The molecule has 15 heteroatoms. The largest absolute Gasteiger partial charge is 0.492 e. The summed E-state index contributed by atoms with van der Waals surface area (Å²) in [6.07, 6.45) is 0.553. The highest BCUT2D eigenvalue weighted by atomic mass is 16.7. The summed E-state index contributed by atoms with van der Waals surface area (Å²) in [7, 11) is 0. The first-order valence-electron chi connectivity index (χ1n) is 12.7. The maximum Gasteiger partial charge on any atom is 0.347 e. The van der Waals surface area contributed by atoms with E-state index < -0.39 is 58.7 Å². The first kappa shape index (κ1) is 32.8. The predicted octanol–water partition coefficient (Wildman–Crippen LogP) is 1.19. The molecule has 2 heterocycles. The van der Waals surface area contributed by atoms with Crippen LogP contribution in [0.3, 0.4) is 0 Å². The zero-order chi connectivity index (χ0) is 31.1. The molecule has 0 aromatic carbocycles. The smallest absolute Gasteiger partial charge is 0.347 e. The fourth-order valence-corrected chi connectivity index (χ4v) is 3.16. The molecule has 0 bridgehead atoms. The van der Waals surface area contributed by atoms with Crippen LogP contribution in [0.2, 0.25) is 0 Å². The number of hydrogen-bond acceptors (Lipinski definition) is 13. The molecule has 0 aliphatic rings. The Labute approximate surface area is 236 Å². The lowest BCUT2D eigenvalue weighted by atomic mass is 10.0. The van der Waals surface area contributed by atoms with Gasteiger partial charge in [-0.1, -0.05) is 0 Å². The van der Waals surface area contributed by atoms with E-state index in [4.69, 9.17) is 35.4 Å². The van der Waals surface area contributed by atoms with Gasteiger partial charge in [-0.2, -0.15) is 0 Å². The van der Waals surface area contributed by atoms with Crippen LogP contribution in [-0.2, 0) is 33.4 Å². The molecule has 0 aliphatic heterocycles. The van der Waals surface area contributed by atoms with Crippen molar-refractivity contribution in [3.63, 3.8) is 0 Å². The minimum Gasteiger partial charge on any atom is -0.492 e. The zero-order valence-corrected chi connectivity index (χ0v) is 23.9. The van der Waals surface area contributed by atoms with Crippen molar-refractivity contribution in [2.75, 3.05) is 24.7 Å². The van der Waals surface area contributed by atoms with Crippen molar-refractivity contribution in [1.29, 1.82) is 0 Å². The SMILES string of the molecule is CC(C(=O)OCCC(C)(C)OCCC(C)(C)OC(=O)C(C)C(=O)On1c(N)ccc1O)C(=O)On1c(N)ccc1O. The van der Waals surface area contributed by atoms with E-state index in [1.165, 1.54) is 38.1 Å². The van der Waals surface area contributed by atoms with Crippen LogP contribution in [0.15, 0.2) is 24.3 Å². The van der Waals surface area contributed by atoms with Crippen LogP contribution in [0.5, 0.6) is 11.8 Å². The molecule has 2 rings (SSSR count). The second-order valence-corrected chi connectivity index (χ2v) is 10.5. The molecular formula is C26H38N4O11. The lowest BCUT2D eigenvalue weighted by Gasteiger charge is -2.30. The highest BCUT2D eigenvalue weighted by Crippen LogP contribution is 2.22. The number of carbonyl (C=O) groups excluding carboxylic acids is 4. The lowest BCUT2D eigenvalue weighted by Crippen LogP contribution is -2.38.